The molecule has 1 heterocycles. The van der Waals surface area contributed by atoms with E-state index >= 15 is 0 Å². The molecule has 0 saturated carbocycles. The Balaban J connectivity index is 2.05. The molecule has 0 aromatic heterocycles. The fourth-order valence-corrected chi connectivity index (χ4v) is 2.89. The van der Waals surface area contributed by atoms with Crippen LogP contribution < -0.4 is 4.74 Å². The molecule has 1 aliphatic rings. The van der Waals surface area contributed by atoms with E-state index < -0.39 is 6.10 Å². The molecule has 2 rings (SSSR count). The second-order valence-corrected chi connectivity index (χ2v) is 5.87. The van der Waals surface area contributed by atoms with Gasteiger partial charge in [-0.25, -0.2) is 0 Å². The number of aliphatic hydroxyl groups excluding tert-OH is 1. The minimum Gasteiger partial charge on any atom is -0.497 e. The van der Waals surface area contributed by atoms with Crippen molar-refractivity contribution < 1.29 is 9.84 Å². The zero-order valence-corrected chi connectivity index (χ0v) is 13.0. The van der Waals surface area contributed by atoms with Gasteiger partial charge in [0.2, 0.25) is 0 Å². The van der Waals surface area contributed by atoms with Crippen molar-refractivity contribution in [1.82, 2.24) is 9.80 Å². The van der Waals surface area contributed by atoms with E-state index in [1.165, 1.54) is 0 Å². The number of hydrogen-bond acceptors (Lipinski definition) is 4. The average molecular weight is 278 g/mol. The zero-order valence-electron chi connectivity index (χ0n) is 13.0. The first-order chi connectivity index (χ1) is 9.51. The normalized spacial score (nSPS) is 22.8. The summed E-state index contributed by atoms with van der Waals surface area (Å²) in [6, 6.07) is 6.29. The van der Waals surface area contributed by atoms with Gasteiger partial charge in [0.25, 0.3) is 0 Å². The number of piperazine rings is 1. The Kier molecular flexibility index (Phi) is 5.02. The third-order valence-electron chi connectivity index (χ3n) is 4.31. The summed E-state index contributed by atoms with van der Waals surface area (Å²) in [5.74, 6) is 0.841. The van der Waals surface area contributed by atoms with E-state index in [0.717, 1.165) is 42.9 Å². The van der Waals surface area contributed by atoms with Crippen molar-refractivity contribution in [1.29, 1.82) is 0 Å². The molecule has 20 heavy (non-hydrogen) atoms. The Morgan fingerprint density at radius 1 is 1.35 bits per heavy atom. The van der Waals surface area contributed by atoms with Crippen LogP contribution in [0, 0.1) is 6.92 Å². The largest absolute Gasteiger partial charge is 0.497 e. The van der Waals surface area contributed by atoms with E-state index in [2.05, 4.69) is 23.9 Å². The lowest BCUT2D eigenvalue weighted by molar-refractivity contribution is 0.0632. The topological polar surface area (TPSA) is 35.9 Å². The summed E-state index contributed by atoms with van der Waals surface area (Å²) < 4.78 is 5.21. The van der Waals surface area contributed by atoms with E-state index in [-0.39, 0.29) is 0 Å². The van der Waals surface area contributed by atoms with Gasteiger partial charge in [-0.3, -0.25) is 0 Å². The van der Waals surface area contributed by atoms with Crippen molar-refractivity contribution >= 4 is 0 Å². The van der Waals surface area contributed by atoms with Crippen molar-refractivity contribution in [3.63, 3.8) is 0 Å². The molecule has 1 aliphatic heterocycles. The SMILES string of the molecule is COc1ccc(C(O)CC2CN(C)CCN2C)c(C)c1. The number of benzene rings is 1. The van der Waals surface area contributed by atoms with Crippen molar-refractivity contribution in [2.45, 2.75) is 25.5 Å². The monoisotopic (exact) mass is 278 g/mol. The van der Waals surface area contributed by atoms with Crippen LogP contribution in [0.2, 0.25) is 0 Å². The molecule has 1 aromatic rings. The van der Waals surface area contributed by atoms with Crippen LogP contribution >= 0.6 is 0 Å². The zero-order chi connectivity index (χ0) is 14.7. The Bertz CT molecular complexity index is 450. The average Bonchev–Trinajstić information content (AvgIpc) is 2.42. The van der Waals surface area contributed by atoms with Crippen molar-refractivity contribution in [2.75, 3.05) is 40.8 Å². The van der Waals surface area contributed by atoms with Gasteiger partial charge in [-0.1, -0.05) is 6.07 Å². The molecule has 0 amide bonds. The highest BCUT2D eigenvalue weighted by Crippen LogP contribution is 2.27. The van der Waals surface area contributed by atoms with Gasteiger partial charge < -0.3 is 19.6 Å². The van der Waals surface area contributed by atoms with Gasteiger partial charge in [-0.2, -0.15) is 0 Å². The molecule has 112 valence electrons. The summed E-state index contributed by atoms with van der Waals surface area (Å²) >= 11 is 0. The van der Waals surface area contributed by atoms with E-state index in [4.69, 9.17) is 4.74 Å². The fourth-order valence-electron chi connectivity index (χ4n) is 2.89. The lowest BCUT2D eigenvalue weighted by Crippen LogP contribution is -2.50. The molecule has 4 nitrogen and oxygen atoms in total. The molecule has 1 aromatic carbocycles. The molecule has 2 atom stereocenters. The molecule has 0 aliphatic carbocycles. The summed E-state index contributed by atoms with van der Waals surface area (Å²) in [4.78, 5) is 4.68. The number of hydrogen-bond donors (Lipinski definition) is 1. The van der Waals surface area contributed by atoms with Crippen LogP contribution in [-0.4, -0.2) is 61.8 Å². The second-order valence-electron chi connectivity index (χ2n) is 5.87. The molecule has 1 saturated heterocycles. The van der Waals surface area contributed by atoms with Crippen LogP contribution in [0.1, 0.15) is 23.7 Å². The van der Waals surface area contributed by atoms with Gasteiger partial charge in [-0.15, -0.1) is 0 Å². The van der Waals surface area contributed by atoms with E-state index in [0.29, 0.717) is 6.04 Å². The Morgan fingerprint density at radius 3 is 2.75 bits per heavy atom. The third-order valence-corrected chi connectivity index (χ3v) is 4.31. The highest BCUT2D eigenvalue weighted by molar-refractivity contribution is 5.36. The van der Waals surface area contributed by atoms with Gasteiger partial charge in [-0.05, 0) is 50.7 Å². The first kappa shape index (κ1) is 15.3. The number of ether oxygens (including phenoxy) is 1. The van der Waals surface area contributed by atoms with Crippen molar-refractivity contribution in [2.24, 2.45) is 0 Å². The molecule has 2 unspecified atom stereocenters. The maximum atomic E-state index is 10.5. The molecule has 0 bridgehead atoms. The van der Waals surface area contributed by atoms with Crippen LogP contribution in [0.5, 0.6) is 5.75 Å². The molecular weight excluding hydrogens is 252 g/mol. The molecular formula is C16H26N2O2. The maximum absolute atomic E-state index is 10.5. The summed E-state index contributed by atoms with van der Waals surface area (Å²) in [7, 11) is 5.95. The van der Waals surface area contributed by atoms with Gasteiger partial charge in [0.1, 0.15) is 5.75 Å². The number of likely N-dealkylation sites (N-methyl/N-ethyl adjacent to an activating group) is 2. The summed E-state index contributed by atoms with van der Waals surface area (Å²) in [6.45, 7) is 5.21. The van der Waals surface area contributed by atoms with Crippen LogP contribution in [-0.2, 0) is 0 Å². The first-order valence-electron chi connectivity index (χ1n) is 7.22. The van der Waals surface area contributed by atoms with Crippen LogP contribution in [0.3, 0.4) is 0 Å². The van der Waals surface area contributed by atoms with Gasteiger partial charge in [0, 0.05) is 25.7 Å². The first-order valence-corrected chi connectivity index (χ1v) is 7.22. The van der Waals surface area contributed by atoms with Crippen molar-refractivity contribution in [3.05, 3.63) is 29.3 Å². The number of aliphatic hydroxyl groups is 1. The van der Waals surface area contributed by atoms with Gasteiger partial charge in [0.15, 0.2) is 0 Å². The van der Waals surface area contributed by atoms with E-state index in [9.17, 15) is 5.11 Å². The van der Waals surface area contributed by atoms with Gasteiger partial charge in [0.05, 0.1) is 13.2 Å². The maximum Gasteiger partial charge on any atom is 0.119 e. The third kappa shape index (κ3) is 3.51. The van der Waals surface area contributed by atoms with E-state index in [1.807, 2.05) is 25.1 Å². The number of methoxy groups -OCH3 is 1. The predicted octanol–water partition coefficient (Wildman–Crippen LogP) is 1.67. The van der Waals surface area contributed by atoms with Crippen LogP contribution in [0.4, 0.5) is 0 Å². The highest BCUT2D eigenvalue weighted by atomic mass is 16.5. The summed E-state index contributed by atoms with van der Waals surface area (Å²) in [5, 5.41) is 10.5. The Morgan fingerprint density at radius 2 is 2.10 bits per heavy atom. The predicted molar refractivity (Wildman–Crippen MR) is 81.2 cm³/mol. The highest BCUT2D eigenvalue weighted by Gasteiger charge is 2.25. The minimum atomic E-state index is -0.417. The lowest BCUT2D eigenvalue weighted by atomic mass is 9.96. The quantitative estimate of drug-likeness (QED) is 0.909. The minimum absolute atomic E-state index is 0.408. The Hall–Kier alpha value is -1.10. The Labute approximate surface area is 122 Å². The second kappa shape index (κ2) is 6.57. The number of rotatable bonds is 4. The lowest BCUT2D eigenvalue weighted by Gasteiger charge is -2.38. The van der Waals surface area contributed by atoms with Gasteiger partial charge >= 0.3 is 0 Å². The molecule has 1 N–H and O–H groups in total. The number of nitrogens with zero attached hydrogens (tertiary/aromatic N) is 2. The number of aryl methyl sites for hydroxylation is 1. The summed E-state index contributed by atoms with van der Waals surface area (Å²) in [5.41, 5.74) is 2.09. The summed E-state index contributed by atoms with van der Waals surface area (Å²) in [6.07, 6.45) is 0.355. The molecule has 0 spiro atoms. The van der Waals surface area contributed by atoms with Crippen molar-refractivity contribution in [3.8, 4) is 5.75 Å². The fraction of sp³-hybridized carbons (Fsp3) is 0.625. The standard InChI is InChI=1S/C16H26N2O2/c1-12-9-14(20-4)5-6-15(12)16(19)10-13-11-17(2)7-8-18(13)3/h5-6,9,13,16,19H,7-8,10-11H2,1-4H3. The molecule has 4 heteroatoms. The van der Waals surface area contributed by atoms with E-state index in [1.54, 1.807) is 7.11 Å². The molecule has 0 radical (unpaired) electrons. The van der Waals surface area contributed by atoms with Crippen LogP contribution in [0.25, 0.3) is 0 Å². The molecule has 1 fully saturated rings. The van der Waals surface area contributed by atoms with Crippen LogP contribution in [0.15, 0.2) is 18.2 Å². The smallest absolute Gasteiger partial charge is 0.119 e.